The number of rotatable bonds is 4. The van der Waals surface area contributed by atoms with Gasteiger partial charge in [0.1, 0.15) is 11.4 Å². The smallest absolute Gasteiger partial charge is 0.157 e. The van der Waals surface area contributed by atoms with Gasteiger partial charge in [-0.15, -0.1) is 0 Å². The molecule has 0 unspecified atom stereocenters. The fraction of sp³-hybridized carbons (Fsp3) is 0.351. The number of hydrogen-bond acceptors (Lipinski definition) is 5. The first-order valence-corrected chi connectivity index (χ1v) is 14.6. The molecule has 216 valence electrons. The van der Waals surface area contributed by atoms with Crippen LogP contribution in [-0.4, -0.2) is 22.4 Å². The van der Waals surface area contributed by atoms with Crippen LogP contribution in [0.2, 0.25) is 0 Å². The summed E-state index contributed by atoms with van der Waals surface area (Å²) >= 11 is 0. The SMILES string of the molecule is Cc1cccc(C=Nc2cc(C(C)(C)C)cc3c2Oc2c(N=Cc4cccc(C)n4)cc(C(C)(C)C)cc2C3(C)C)n1. The Morgan fingerprint density at radius 2 is 1.05 bits per heavy atom. The highest BCUT2D eigenvalue weighted by Gasteiger charge is 2.39. The molecule has 0 aliphatic carbocycles. The molecular formula is C37H42N4O. The Balaban J connectivity index is 1.72. The van der Waals surface area contributed by atoms with Crippen LogP contribution in [0.3, 0.4) is 0 Å². The summed E-state index contributed by atoms with van der Waals surface area (Å²) in [6.45, 7) is 21.9. The number of fused-ring (bicyclic) bond motifs is 2. The number of benzene rings is 2. The van der Waals surface area contributed by atoms with E-state index in [2.05, 4.69) is 89.6 Å². The average molecular weight is 559 g/mol. The van der Waals surface area contributed by atoms with E-state index in [1.807, 2.05) is 62.7 Å². The van der Waals surface area contributed by atoms with Crippen LogP contribution in [0.25, 0.3) is 0 Å². The van der Waals surface area contributed by atoms with E-state index < -0.39 is 0 Å². The molecule has 2 aromatic carbocycles. The van der Waals surface area contributed by atoms with Crippen molar-refractivity contribution in [3.8, 4) is 11.5 Å². The Kier molecular flexibility index (Phi) is 7.42. The standard InChI is InChI=1S/C37H42N4O/c1-23-13-11-15-27(40-23)21-38-31-19-25(35(3,4)5)17-29-33(31)42-34-30(37(29,9)10)18-26(36(6,7)8)20-32(34)39-22-28-16-12-14-24(2)41-28/h11-22H,1-10H3. The predicted molar refractivity (Wildman–Crippen MR) is 175 cm³/mol. The maximum absolute atomic E-state index is 6.87. The second-order valence-electron chi connectivity index (χ2n) is 13.9. The van der Waals surface area contributed by atoms with Gasteiger partial charge in [0.05, 0.1) is 23.8 Å². The molecule has 0 saturated carbocycles. The van der Waals surface area contributed by atoms with Crippen molar-refractivity contribution in [3.05, 3.63) is 106 Å². The Morgan fingerprint density at radius 3 is 1.40 bits per heavy atom. The van der Waals surface area contributed by atoms with Crippen LogP contribution in [0.1, 0.15) is 100 Å². The topological polar surface area (TPSA) is 59.7 Å². The minimum Gasteiger partial charge on any atom is -0.452 e. The van der Waals surface area contributed by atoms with Gasteiger partial charge in [-0.2, -0.15) is 0 Å². The summed E-state index contributed by atoms with van der Waals surface area (Å²) in [6.07, 6.45) is 3.65. The maximum Gasteiger partial charge on any atom is 0.157 e. The summed E-state index contributed by atoms with van der Waals surface area (Å²) in [5.41, 5.74) is 9.27. The Bertz CT molecular complexity index is 1590. The van der Waals surface area contributed by atoms with Crippen molar-refractivity contribution in [2.24, 2.45) is 9.98 Å². The summed E-state index contributed by atoms with van der Waals surface area (Å²) in [5.74, 6) is 1.52. The summed E-state index contributed by atoms with van der Waals surface area (Å²) in [7, 11) is 0. The van der Waals surface area contributed by atoms with Crippen molar-refractivity contribution in [2.75, 3.05) is 0 Å². The molecule has 0 saturated heterocycles. The second-order valence-corrected chi connectivity index (χ2v) is 13.9. The van der Waals surface area contributed by atoms with Gasteiger partial charge in [0.2, 0.25) is 0 Å². The third kappa shape index (κ3) is 5.92. The molecule has 4 aromatic rings. The lowest BCUT2D eigenvalue weighted by molar-refractivity contribution is 0.417. The molecule has 1 aliphatic rings. The lowest BCUT2D eigenvalue weighted by atomic mass is 9.71. The van der Waals surface area contributed by atoms with Crippen LogP contribution in [-0.2, 0) is 16.2 Å². The molecule has 0 spiro atoms. The van der Waals surface area contributed by atoms with E-state index in [0.717, 1.165) is 56.8 Å². The molecule has 1 aliphatic heterocycles. The summed E-state index contributed by atoms with van der Waals surface area (Å²) in [6, 6.07) is 20.8. The molecule has 0 bridgehead atoms. The van der Waals surface area contributed by atoms with Crippen LogP contribution in [0.5, 0.6) is 11.5 Å². The van der Waals surface area contributed by atoms with Crippen molar-refractivity contribution in [1.82, 2.24) is 9.97 Å². The minimum atomic E-state index is -0.358. The molecule has 0 radical (unpaired) electrons. The molecule has 0 fully saturated rings. The van der Waals surface area contributed by atoms with Gasteiger partial charge >= 0.3 is 0 Å². The normalized spacial score (nSPS) is 14.6. The Hall–Kier alpha value is -4.12. The zero-order chi connectivity index (χ0) is 30.4. The number of hydrogen-bond donors (Lipinski definition) is 0. The van der Waals surface area contributed by atoms with Gasteiger partial charge in [0.15, 0.2) is 11.5 Å². The largest absolute Gasteiger partial charge is 0.452 e. The quantitative estimate of drug-likeness (QED) is 0.234. The highest BCUT2D eigenvalue weighted by Crippen LogP contribution is 2.56. The lowest BCUT2D eigenvalue weighted by Gasteiger charge is -2.38. The third-order valence-electron chi connectivity index (χ3n) is 7.91. The zero-order valence-corrected chi connectivity index (χ0v) is 26.6. The third-order valence-corrected chi connectivity index (χ3v) is 7.91. The highest BCUT2D eigenvalue weighted by molar-refractivity contribution is 5.84. The number of ether oxygens (including phenoxy) is 1. The molecule has 5 nitrogen and oxygen atoms in total. The molecule has 2 aromatic heterocycles. The Morgan fingerprint density at radius 1 is 0.643 bits per heavy atom. The van der Waals surface area contributed by atoms with Gasteiger partial charge < -0.3 is 4.74 Å². The van der Waals surface area contributed by atoms with E-state index in [1.54, 1.807) is 0 Å². The van der Waals surface area contributed by atoms with E-state index >= 15 is 0 Å². The van der Waals surface area contributed by atoms with Gasteiger partial charge in [-0.1, -0.05) is 79.7 Å². The van der Waals surface area contributed by atoms with E-state index in [4.69, 9.17) is 14.7 Å². The van der Waals surface area contributed by atoms with Crippen molar-refractivity contribution in [3.63, 3.8) is 0 Å². The first-order valence-electron chi connectivity index (χ1n) is 14.6. The number of aromatic nitrogens is 2. The molecule has 5 rings (SSSR count). The summed E-state index contributed by atoms with van der Waals surface area (Å²) in [4.78, 5) is 19.2. The first kappa shape index (κ1) is 29.4. The van der Waals surface area contributed by atoms with E-state index in [0.29, 0.717) is 0 Å². The number of aliphatic imine (C=N–C) groups is 2. The second kappa shape index (κ2) is 10.6. The van der Waals surface area contributed by atoms with Gasteiger partial charge in [-0.05, 0) is 72.2 Å². The predicted octanol–water partition coefficient (Wildman–Crippen LogP) is 9.62. The van der Waals surface area contributed by atoms with Gasteiger partial charge in [0.25, 0.3) is 0 Å². The average Bonchev–Trinajstić information content (AvgIpc) is 2.89. The highest BCUT2D eigenvalue weighted by atomic mass is 16.5. The van der Waals surface area contributed by atoms with Crippen LogP contribution in [0.4, 0.5) is 11.4 Å². The Labute approximate surface area is 250 Å². The van der Waals surface area contributed by atoms with Crippen LogP contribution in [0, 0.1) is 13.8 Å². The number of aryl methyl sites for hydroxylation is 2. The summed E-state index contributed by atoms with van der Waals surface area (Å²) < 4.78 is 6.87. The lowest BCUT2D eigenvalue weighted by Crippen LogP contribution is -2.27. The zero-order valence-electron chi connectivity index (χ0n) is 26.6. The number of pyridine rings is 2. The monoisotopic (exact) mass is 558 g/mol. The van der Waals surface area contributed by atoms with Crippen molar-refractivity contribution in [1.29, 1.82) is 0 Å². The maximum atomic E-state index is 6.87. The van der Waals surface area contributed by atoms with Crippen molar-refractivity contribution in [2.45, 2.75) is 85.5 Å². The van der Waals surface area contributed by atoms with Crippen LogP contribution >= 0.6 is 0 Å². The fourth-order valence-electron chi connectivity index (χ4n) is 5.22. The van der Waals surface area contributed by atoms with E-state index in [-0.39, 0.29) is 16.2 Å². The van der Waals surface area contributed by atoms with Gasteiger partial charge in [0, 0.05) is 27.9 Å². The molecule has 0 amide bonds. The molecule has 42 heavy (non-hydrogen) atoms. The molecule has 3 heterocycles. The fourth-order valence-corrected chi connectivity index (χ4v) is 5.22. The molecule has 0 N–H and O–H groups in total. The first-order chi connectivity index (χ1) is 19.6. The minimum absolute atomic E-state index is 0.0687. The van der Waals surface area contributed by atoms with Crippen LogP contribution < -0.4 is 4.74 Å². The number of nitrogens with zero attached hydrogens (tertiary/aromatic N) is 4. The molecule has 0 atom stereocenters. The van der Waals surface area contributed by atoms with E-state index in [1.165, 1.54) is 11.1 Å². The molecule has 5 heteroatoms. The van der Waals surface area contributed by atoms with Gasteiger partial charge in [-0.25, -0.2) is 0 Å². The molecular weight excluding hydrogens is 516 g/mol. The van der Waals surface area contributed by atoms with Gasteiger partial charge in [-0.3, -0.25) is 20.0 Å². The summed E-state index contributed by atoms with van der Waals surface area (Å²) in [5, 5.41) is 0. The van der Waals surface area contributed by atoms with E-state index in [9.17, 15) is 0 Å². The van der Waals surface area contributed by atoms with Crippen molar-refractivity contribution < 1.29 is 4.74 Å². The van der Waals surface area contributed by atoms with Crippen LogP contribution in [0.15, 0.2) is 70.6 Å². The van der Waals surface area contributed by atoms with Crippen molar-refractivity contribution >= 4 is 23.8 Å².